The number of non-ortho nitro benzene ring substituents is 1. The molecule has 0 aromatic heterocycles. The van der Waals surface area contributed by atoms with Crippen molar-refractivity contribution in [2.75, 3.05) is 11.6 Å². The summed E-state index contributed by atoms with van der Waals surface area (Å²) in [5.41, 5.74) is 0.833. The molecule has 2 atom stereocenters. The molecule has 6 heteroatoms. The lowest BCUT2D eigenvalue weighted by molar-refractivity contribution is -0.384. The summed E-state index contributed by atoms with van der Waals surface area (Å²) in [4.78, 5) is 10.7. The lowest BCUT2D eigenvalue weighted by Gasteiger charge is -2.21. The number of nitrogens with one attached hydrogen (secondary N) is 1. The van der Waals surface area contributed by atoms with Gasteiger partial charge in [0.25, 0.3) is 5.69 Å². The largest absolute Gasteiger partial charge is 0.491 e. The average molecular weight is 310 g/mol. The number of ether oxygens (including phenoxy) is 1. The molecule has 1 saturated carbocycles. The first kappa shape index (κ1) is 15.9. The van der Waals surface area contributed by atoms with Crippen molar-refractivity contribution in [3.8, 4) is 5.75 Å². The van der Waals surface area contributed by atoms with Crippen LogP contribution in [0.15, 0.2) is 18.2 Å². The second kappa shape index (κ2) is 7.02. The van der Waals surface area contributed by atoms with Crippen molar-refractivity contribution in [3.05, 3.63) is 28.3 Å². The van der Waals surface area contributed by atoms with Crippen LogP contribution in [0.3, 0.4) is 0 Å². The van der Waals surface area contributed by atoms with Crippen LogP contribution in [0.25, 0.3) is 0 Å². The van der Waals surface area contributed by atoms with Crippen LogP contribution in [0.1, 0.15) is 33.1 Å². The maximum atomic E-state index is 11.1. The van der Waals surface area contributed by atoms with Crippen LogP contribution in [-0.2, 0) is 0 Å². The molecule has 116 valence electrons. The Morgan fingerprint density at radius 2 is 2.14 bits per heavy atom. The fourth-order valence-electron chi connectivity index (χ4n) is 2.70. The minimum absolute atomic E-state index is 0.00900. The maximum absolute atomic E-state index is 11.1. The van der Waals surface area contributed by atoms with Crippen LogP contribution < -0.4 is 10.1 Å². The Kier molecular flexibility index (Phi) is 5.33. The van der Waals surface area contributed by atoms with E-state index in [1.165, 1.54) is 18.9 Å². The molecule has 2 rings (SSSR count). The van der Waals surface area contributed by atoms with E-state index in [1.807, 2.05) is 31.7 Å². The lowest BCUT2D eigenvalue weighted by Crippen LogP contribution is -2.25. The monoisotopic (exact) mass is 310 g/mol. The normalized spacial score (nSPS) is 21.5. The van der Waals surface area contributed by atoms with Gasteiger partial charge in [-0.1, -0.05) is 6.42 Å². The highest BCUT2D eigenvalue weighted by Gasteiger charge is 2.26. The van der Waals surface area contributed by atoms with Crippen LogP contribution >= 0.6 is 11.8 Å². The highest BCUT2D eigenvalue weighted by atomic mass is 32.2. The maximum Gasteiger partial charge on any atom is 0.275 e. The zero-order valence-electron chi connectivity index (χ0n) is 12.7. The first-order chi connectivity index (χ1) is 9.99. The van der Waals surface area contributed by atoms with Gasteiger partial charge in [0.05, 0.1) is 17.1 Å². The SMILES string of the molecule is CSC1CCCC1Nc1cc(OC(C)C)cc([N+](=O)[O-])c1. The summed E-state index contributed by atoms with van der Waals surface area (Å²) < 4.78 is 5.61. The van der Waals surface area contributed by atoms with Crippen molar-refractivity contribution in [1.82, 2.24) is 0 Å². The second-order valence-electron chi connectivity index (χ2n) is 5.60. The fourth-order valence-corrected chi connectivity index (χ4v) is 3.63. The van der Waals surface area contributed by atoms with Crippen molar-refractivity contribution in [2.24, 2.45) is 0 Å². The molecule has 0 radical (unpaired) electrons. The van der Waals surface area contributed by atoms with Gasteiger partial charge in [-0.3, -0.25) is 10.1 Å². The molecule has 0 spiro atoms. The predicted molar refractivity (Wildman–Crippen MR) is 87.4 cm³/mol. The summed E-state index contributed by atoms with van der Waals surface area (Å²) in [6.07, 6.45) is 5.61. The van der Waals surface area contributed by atoms with Gasteiger partial charge in [0.1, 0.15) is 5.75 Å². The molecule has 1 fully saturated rings. The van der Waals surface area contributed by atoms with Gasteiger partial charge in [0.15, 0.2) is 0 Å². The third-order valence-electron chi connectivity index (χ3n) is 3.58. The summed E-state index contributed by atoms with van der Waals surface area (Å²) in [5.74, 6) is 0.542. The Labute approximate surface area is 129 Å². The molecule has 0 aliphatic heterocycles. The molecule has 5 nitrogen and oxygen atoms in total. The van der Waals surface area contributed by atoms with E-state index >= 15 is 0 Å². The summed E-state index contributed by atoms with van der Waals surface area (Å²) in [5, 5.41) is 15.1. The van der Waals surface area contributed by atoms with Gasteiger partial charge in [0.2, 0.25) is 0 Å². The third kappa shape index (κ3) is 4.27. The molecule has 1 aromatic carbocycles. The van der Waals surface area contributed by atoms with Crippen molar-refractivity contribution >= 4 is 23.1 Å². The van der Waals surface area contributed by atoms with Gasteiger partial charge >= 0.3 is 0 Å². The van der Waals surface area contributed by atoms with Crippen molar-refractivity contribution in [2.45, 2.75) is 50.5 Å². The number of rotatable bonds is 6. The van der Waals surface area contributed by atoms with E-state index in [2.05, 4.69) is 11.6 Å². The van der Waals surface area contributed by atoms with Crippen LogP contribution in [-0.4, -0.2) is 28.6 Å². The summed E-state index contributed by atoms with van der Waals surface area (Å²) in [7, 11) is 0. The van der Waals surface area contributed by atoms with Gasteiger partial charge in [-0.2, -0.15) is 11.8 Å². The van der Waals surface area contributed by atoms with E-state index in [0.717, 1.165) is 12.1 Å². The molecule has 0 bridgehead atoms. The van der Waals surface area contributed by atoms with E-state index in [4.69, 9.17) is 4.74 Å². The van der Waals surface area contributed by atoms with Gasteiger partial charge in [-0.15, -0.1) is 0 Å². The van der Waals surface area contributed by atoms with Crippen molar-refractivity contribution in [1.29, 1.82) is 0 Å². The predicted octanol–water partition coefficient (Wildman–Crippen LogP) is 4.08. The Bertz CT molecular complexity index is 508. The van der Waals surface area contributed by atoms with E-state index in [0.29, 0.717) is 17.0 Å². The first-order valence-electron chi connectivity index (χ1n) is 7.25. The van der Waals surface area contributed by atoms with Crippen LogP contribution in [0.4, 0.5) is 11.4 Å². The molecular formula is C15H22N2O3S. The zero-order valence-corrected chi connectivity index (χ0v) is 13.5. The molecule has 0 saturated heterocycles. The Hall–Kier alpha value is -1.43. The quantitative estimate of drug-likeness (QED) is 0.633. The first-order valence-corrected chi connectivity index (χ1v) is 8.54. The highest BCUT2D eigenvalue weighted by molar-refractivity contribution is 7.99. The molecule has 0 amide bonds. The number of nitro benzene ring substituents is 1. The summed E-state index contributed by atoms with van der Waals surface area (Å²) >= 11 is 1.86. The van der Waals surface area contributed by atoms with Crippen molar-refractivity contribution < 1.29 is 9.66 Å². The summed E-state index contributed by atoms with van der Waals surface area (Å²) in [6.45, 7) is 3.82. The smallest absolute Gasteiger partial charge is 0.275 e. The fraction of sp³-hybridized carbons (Fsp3) is 0.600. The van der Waals surface area contributed by atoms with E-state index < -0.39 is 0 Å². The summed E-state index contributed by atoms with van der Waals surface area (Å²) in [6, 6.07) is 5.28. The zero-order chi connectivity index (χ0) is 15.4. The van der Waals surface area contributed by atoms with Gasteiger partial charge in [0, 0.05) is 29.1 Å². The molecule has 0 heterocycles. The van der Waals surface area contributed by atoms with Crippen LogP contribution in [0.2, 0.25) is 0 Å². The lowest BCUT2D eigenvalue weighted by atomic mass is 10.2. The molecule has 1 aromatic rings. The number of nitro groups is 1. The van der Waals surface area contributed by atoms with Crippen LogP contribution in [0, 0.1) is 10.1 Å². The van der Waals surface area contributed by atoms with E-state index in [9.17, 15) is 10.1 Å². The van der Waals surface area contributed by atoms with Gasteiger partial charge in [-0.05, 0) is 32.9 Å². The number of thioether (sulfide) groups is 1. The van der Waals surface area contributed by atoms with E-state index in [1.54, 1.807) is 6.07 Å². The van der Waals surface area contributed by atoms with Crippen LogP contribution in [0.5, 0.6) is 5.75 Å². The molecule has 1 N–H and O–H groups in total. The number of anilines is 1. The van der Waals surface area contributed by atoms with E-state index in [-0.39, 0.29) is 16.7 Å². The minimum Gasteiger partial charge on any atom is -0.491 e. The van der Waals surface area contributed by atoms with Gasteiger partial charge < -0.3 is 10.1 Å². The van der Waals surface area contributed by atoms with Gasteiger partial charge in [-0.25, -0.2) is 0 Å². The number of nitrogens with zero attached hydrogens (tertiary/aromatic N) is 1. The molecule has 1 aliphatic rings. The topological polar surface area (TPSA) is 64.4 Å². The standard InChI is InChI=1S/C15H22N2O3S/c1-10(2)20-13-8-11(7-12(9-13)17(18)19)16-14-5-4-6-15(14)21-3/h7-10,14-16H,4-6H2,1-3H3. The molecule has 21 heavy (non-hydrogen) atoms. The Morgan fingerprint density at radius 1 is 1.38 bits per heavy atom. The number of hydrogen-bond donors (Lipinski definition) is 1. The molecule has 2 unspecified atom stereocenters. The third-order valence-corrected chi connectivity index (χ3v) is 4.75. The Balaban J connectivity index is 2.21. The highest BCUT2D eigenvalue weighted by Crippen LogP contribution is 2.33. The average Bonchev–Trinajstić information content (AvgIpc) is 2.84. The number of hydrogen-bond acceptors (Lipinski definition) is 5. The van der Waals surface area contributed by atoms with Crippen molar-refractivity contribution in [3.63, 3.8) is 0 Å². The minimum atomic E-state index is -0.376. The molecular weight excluding hydrogens is 288 g/mol. The molecule has 1 aliphatic carbocycles. The second-order valence-corrected chi connectivity index (χ2v) is 6.67. The number of benzene rings is 1. The Morgan fingerprint density at radius 3 is 2.76 bits per heavy atom.